The van der Waals surface area contributed by atoms with Gasteiger partial charge in [0.2, 0.25) is 0 Å². The number of nitrogens with one attached hydrogen (secondary N) is 1. The molecule has 0 spiro atoms. The Hall–Kier alpha value is -1.83. The van der Waals surface area contributed by atoms with E-state index in [0.29, 0.717) is 5.92 Å². The molecular weight excluding hydrogens is 246 g/mol. The van der Waals surface area contributed by atoms with Crippen LogP contribution in [0.1, 0.15) is 39.7 Å². The van der Waals surface area contributed by atoms with Crippen molar-refractivity contribution in [3.63, 3.8) is 0 Å². The van der Waals surface area contributed by atoms with E-state index >= 15 is 0 Å². The van der Waals surface area contributed by atoms with Gasteiger partial charge in [-0.2, -0.15) is 0 Å². The van der Waals surface area contributed by atoms with E-state index in [2.05, 4.69) is 45.2 Å². The molecule has 1 N–H and O–H groups in total. The van der Waals surface area contributed by atoms with Crippen molar-refractivity contribution < 1.29 is 4.79 Å². The lowest BCUT2D eigenvalue weighted by atomic mass is 9.85. The van der Waals surface area contributed by atoms with Gasteiger partial charge in [0.1, 0.15) is 0 Å². The summed E-state index contributed by atoms with van der Waals surface area (Å²) in [5.41, 5.74) is 2.82. The summed E-state index contributed by atoms with van der Waals surface area (Å²) < 4.78 is 0. The van der Waals surface area contributed by atoms with Crippen molar-refractivity contribution in [1.82, 2.24) is 0 Å². The average molecular weight is 269 g/mol. The van der Waals surface area contributed by atoms with Gasteiger partial charge in [0.15, 0.2) is 0 Å². The zero-order valence-electron chi connectivity index (χ0n) is 12.7. The molecule has 106 valence electrons. The van der Waals surface area contributed by atoms with Crippen LogP contribution in [0.25, 0.3) is 0 Å². The molecule has 1 aliphatic carbocycles. The Balaban J connectivity index is 2.19. The molecule has 2 nitrogen and oxygen atoms in total. The van der Waals surface area contributed by atoms with Crippen LogP contribution in [0.3, 0.4) is 0 Å². The van der Waals surface area contributed by atoms with E-state index < -0.39 is 0 Å². The molecule has 0 fully saturated rings. The van der Waals surface area contributed by atoms with Crippen LogP contribution in [0, 0.1) is 5.92 Å². The Bertz CT molecular complexity index is 561. The lowest BCUT2D eigenvalue weighted by Gasteiger charge is -2.23. The standard InChI is InChI=1S/C18H23NO/c1-13-9-11-14(12-10-13)17(20)19-16-8-6-5-7-15(16)18(2,3)4/h5-9,11-13H,10H2,1-4H3,(H,19,20). The van der Waals surface area contributed by atoms with E-state index in [9.17, 15) is 4.79 Å². The third kappa shape index (κ3) is 3.38. The maximum Gasteiger partial charge on any atom is 0.255 e. The fraction of sp³-hybridized carbons (Fsp3) is 0.389. The van der Waals surface area contributed by atoms with E-state index in [1.165, 1.54) is 0 Å². The molecule has 0 aromatic heterocycles. The van der Waals surface area contributed by atoms with Crippen molar-refractivity contribution in [2.45, 2.75) is 39.5 Å². The van der Waals surface area contributed by atoms with Gasteiger partial charge >= 0.3 is 0 Å². The van der Waals surface area contributed by atoms with Crippen LogP contribution >= 0.6 is 0 Å². The fourth-order valence-electron chi connectivity index (χ4n) is 2.34. The van der Waals surface area contributed by atoms with Crippen molar-refractivity contribution >= 4 is 11.6 Å². The molecular formula is C18H23NO. The zero-order valence-corrected chi connectivity index (χ0v) is 12.7. The van der Waals surface area contributed by atoms with E-state index in [0.717, 1.165) is 23.2 Å². The highest BCUT2D eigenvalue weighted by atomic mass is 16.1. The first-order valence-corrected chi connectivity index (χ1v) is 7.17. The topological polar surface area (TPSA) is 29.1 Å². The monoisotopic (exact) mass is 269 g/mol. The minimum Gasteiger partial charge on any atom is -0.322 e. The molecule has 0 saturated carbocycles. The Morgan fingerprint density at radius 2 is 1.95 bits per heavy atom. The quantitative estimate of drug-likeness (QED) is 0.844. The van der Waals surface area contributed by atoms with E-state index in [4.69, 9.17) is 0 Å². The van der Waals surface area contributed by atoms with Crippen LogP contribution < -0.4 is 5.32 Å². The Kier molecular flexibility index (Phi) is 4.12. The molecule has 0 saturated heterocycles. The number of hydrogen-bond acceptors (Lipinski definition) is 1. The van der Waals surface area contributed by atoms with Crippen molar-refractivity contribution in [3.8, 4) is 0 Å². The molecule has 1 unspecified atom stereocenters. The molecule has 2 heteroatoms. The van der Waals surface area contributed by atoms with Gasteiger partial charge in [-0.25, -0.2) is 0 Å². The molecule has 2 rings (SSSR count). The number of carbonyl (C=O) groups is 1. The first-order valence-electron chi connectivity index (χ1n) is 7.17. The summed E-state index contributed by atoms with van der Waals surface area (Å²) in [5, 5.41) is 3.04. The molecule has 0 radical (unpaired) electrons. The van der Waals surface area contributed by atoms with Crippen LogP contribution in [0.4, 0.5) is 5.69 Å². The minimum absolute atomic E-state index is 0.00910. The lowest BCUT2D eigenvalue weighted by molar-refractivity contribution is -0.112. The number of carbonyl (C=O) groups excluding carboxylic acids is 1. The predicted molar refractivity (Wildman–Crippen MR) is 84.8 cm³/mol. The summed E-state index contributed by atoms with van der Waals surface area (Å²) in [4.78, 5) is 12.3. The summed E-state index contributed by atoms with van der Waals surface area (Å²) in [6, 6.07) is 8.01. The molecule has 1 atom stereocenters. The normalized spacial score (nSPS) is 18.6. The first-order chi connectivity index (χ1) is 9.38. The molecule has 1 aromatic carbocycles. The fourth-order valence-corrected chi connectivity index (χ4v) is 2.34. The molecule has 0 aliphatic heterocycles. The van der Waals surface area contributed by atoms with Gasteiger partial charge in [-0.05, 0) is 29.4 Å². The third-order valence-electron chi connectivity index (χ3n) is 3.56. The number of amides is 1. The van der Waals surface area contributed by atoms with Gasteiger partial charge in [-0.3, -0.25) is 4.79 Å². The van der Waals surface area contributed by atoms with Gasteiger partial charge in [-0.1, -0.05) is 64.1 Å². The summed E-state index contributed by atoms with van der Waals surface area (Å²) in [6.45, 7) is 8.61. The highest BCUT2D eigenvalue weighted by Gasteiger charge is 2.19. The highest BCUT2D eigenvalue weighted by molar-refractivity contribution is 6.06. The van der Waals surface area contributed by atoms with Crippen molar-refractivity contribution in [3.05, 3.63) is 53.6 Å². The molecule has 1 aliphatic rings. The maximum atomic E-state index is 12.3. The highest BCUT2D eigenvalue weighted by Crippen LogP contribution is 2.29. The molecule has 20 heavy (non-hydrogen) atoms. The first kappa shape index (κ1) is 14.6. The van der Waals surface area contributed by atoms with Gasteiger partial charge in [-0.15, -0.1) is 0 Å². The molecule has 0 bridgehead atoms. The number of anilines is 1. The molecule has 0 heterocycles. The number of allylic oxidation sites excluding steroid dienone is 2. The van der Waals surface area contributed by atoms with Gasteiger partial charge in [0.05, 0.1) is 0 Å². The summed E-state index contributed by atoms with van der Waals surface area (Å²) in [5.74, 6) is 0.498. The summed E-state index contributed by atoms with van der Waals surface area (Å²) in [6.07, 6.45) is 6.95. The molecule has 1 amide bonds. The number of hydrogen-bond donors (Lipinski definition) is 1. The van der Waals surface area contributed by atoms with Crippen LogP contribution in [-0.2, 0) is 10.2 Å². The van der Waals surface area contributed by atoms with Crippen molar-refractivity contribution in [2.75, 3.05) is 5.32 Å². The predicted octanol–water partition coefficient (Wildman–Crippen LogP) is 4.45. The summed E-state index contributed by atoms with van der Waals surface area (Å²) in [7, 11) is 0. The Morgan fingerprint density at radius 1 is 1.25 bits per heavy atom. The Morgan fingerprint density at radius 3 is 2.55 bits per heavy atom. The number of para-hydroxylation sites is 1. The third-order valence-corrected chi connectivity index (χ3v) is 3.56. The minimum atomic E-state index is -0.0233. The van der Waals surface area contributed by atoms with Crippen LogP contribution in [-0.4, -0.2) is 5.91 Å². The maximum absolute atomic E-state index is 12.3. The number of benzene rings is 1. The van der Waals surface area contributed by atoms with Crippen LogP contribution in [0.5, 0.6) is 0 Å². The largest absolute Gasteiger partial charge is 0.322 e. The van der Waals surface area contributed by atoms with Crippen molar-refractivity contribution in [2.24, 2.45) is 5.92 Å². The lowest BCUT2D eigenvalue weighted by Crippen LogP contribution is -2.20. The second kappa shape index (κ2) is 5.66. The number of rotatable bonds is 2. The smallest absolute Gasteiger partial charge is 0.255 e. The van der Waals surface area contributed by atoms with E-state index in [-0.39, 0.29) is 11.3 Å². The second-order valence-electron chi connectivity index (χ2n) is 6.48. The van der Waals surface area contributed by atoms with E-state index in [1.54, 1.807) is 0 Å². The van der Waals surface area contributed by atoms with Gasteiger partial charge < -0.3 is 5.32 Å². The molecule has 1 aromatic rings. The van der Waals surface area contributed by atoms with Gasteiger partial charge in [0.25, 0.3) is 5.91 Å². The average Bonchev–Trinajstić information content (AvgIpc) is 2.38. The second-order valence-corrected chi connectivity index (χ2v) is 6.48. The summed E-state index contributed by atoms with van der Waals surface area (Å²) >= 11 is 0. The SMILES string of the molecule is CC1C=CC(C(=O)Nc2ccccc2C(C)(C)C)=CC1. The van der Waals surface area contributed by atoms with Gasteiger partial charge in [0, 0.05) is 11.3 Å². The Labute approximate surface area is 121 Å². The van der Waals surface area contributed by atoms with Crippen LogP contribution in [0.15, 0.2) is 48.1 Å². The van der Waals surface area contributed by atoms with E-state index in [1.807, 2.05) is 30.4 Å². The van der Waals surface area contributed by atoms with Crippen molar-refractivity contribution in [1.29, 1.82) is 0 Å². The zero-order chi connectivity index (χ0) is 14.8. The van der Waals surface area contributed by atoms with Crippen LogP contribution in [0.2, 0.25) is 0 Å².